The summed E-state index contributed by atoms with van der Waals surface area (Å²) in [6.45, 7) is 3.03. The van der Waals surface area contributed by atoms with E-state index in [0.717, 1.165) is 63.5 Å². The van der Waals surface area contributed by atoms with Crippen molar-refractivity contribution in [2.45, 2.75) is 31.1 Å². The third-order valence-corrected chi connectivity index (χ3v) is 7.23. The van der Waals surface area contributed by atoms with Crippen LogP contribution in [-0.4, -0.2) is 56.7 Å². The lowest BCUT2D eigenvalue weighted by molar-refractivity contribution is -0.137. The first-order valence-corrected chi connectivity index (χ1v) is 11.0. The van der Waals surface area contributed by atoms with Crippen LogP contribution >= 0.6 is 11.3 Å². The van der Waals surface area contributed by atoms with Crippen molar-refractivity contribution in [3.63, 3.8) is 0 Å². The van der Waals surface area contributed by atoms with E-state index in [2.05, 4.69) is 42.5 Å². The molecule has 4 heterocycles. The van der Waals surface area contributed by atoms with Crippen molar-refractivity contribution >= 4 is 23.1 Å². The Morgan fingerprint density at radius 3 is 2.38 bits per heavy atom. The van der Waals surface area contributed by atoms with Crippen molar-refractivity contribution in [2.75, 3.05) is 31.1 Å². The summed E-state index contributed by atoms with van der Waals surface area (Å²) in [6, 6.07) is 8.15. The van der Waals surface area contributed by atoms with Crippen molar-refractivity contribution in [3.8, 4) is 5.82 Å². The second-order valence-electron chi connectivity index (χ2n) is 7.77. The van der Waals surface area contributed by atoms with Crippen molar-refractivity contribution in [3.05, 3.63) is 53.2 Å². The highest BCUT2D eigenvalue weighted by molar-refractivity contribution is 7.10. The van der Waals surface area contributed by atoms with Gasteiger partial charge in [0.15, 0.2) is 11.6 Å². The Labute approximate surface area is 174 Å². The maximum absolute atomic E-state index is 13.5. The predicted molar refractivity (Wildman–Crippen MR) is 112 cm³/mol. The molecule has 2 fully saturated rings. The lowest BCUT2D eigenvalue weighted by atomic mass is 9.82. The van der Waals surface area contributed by atoms with Crippen LogP contribution in [0.2, 0.25) is 0 Å². The molecule has 0 aromatic carbocycles. The largest absolute Gasteiger partial charge is 0.352 e. The van der Waals surface area contributed by atoms with E-state index in [-0.39, 0.29) is 5.41 Å². The molecule has 3 aromatic rings. The maximum Gasteiger partial charge on any atom is 0.234 e. The minimum Gasteiger partial charge on any atom is -0.352 e. The first-order valence-electron chi connectivity index (χ1n) is 10.2. The van der Waals surface area contributed by atoms with Gasteiger partial charge in [-0.05, 0) is 36.4 Å². The zero-order chi connectivity index (χ0) is 19.7. The van der Waals surface area contributed by atoms with Gasteiger partial charge in [-0.3, -0.25) is 9.36 Å². The van der Waals surface area contributed by atoms with E-state index < -0.39 is 0 Å². The van der Waals surface area contributed by atoms with Crippen LogP contribution < -0.4 is 4.90 Å². The molecule has 1 saturated carbocycles. The first kappa shape index (κ1) is 18.3. The summed E-state index contributed by atoms with van der Waals surface area (Å²) in [5, 5.41) is 10.8. The number of hydrogen-bond donors (Lipinski definition) is 0. The molecule has 0 bridgehead atoms. The summed E-state index contributed by atoms with van der Waals surface area (Å²) in [5.74, 6) is 1.92. The van der Waals surface area contributed by atoms with Crippen LogP contribution in [-0.2, 0) is 10.2 Å². The highest BCUT2D eigenvalue weighted by atomic mass is 32.1. The standard InChI is InChI=1S/C21H24N6OS/c28-20(21(7-1-2-8-21)17-4-3-15-29-17)26-13-11-25(12-14-26)18-5-6-19(24-23-18)27-10-9-22-16-27/h3-6,9-10,15-16H,1-2,7-8,11-14H2. The van der Waals surface area contributed by atoms with E-state index >= 15 is 0 Å². The van der Waals surface area contributed by atoms with Gasteiger partial charge in [-0.15, -0.1) is 21.5 Å². The van der Waals surface area contributed by atoms with Gasteiger partial charge in [-0.25, -0.2) is 4.98 Å². The van der Waals surface area contributed by atoms with Crippen LogP contribution in [0.1, 0.15) is 30.6 Å². The third kappa shape index (κ3) is 3.31. The van der Waals surface area contributed by atoms with Gasteiger partial charge in [-0.2, -0.15) is 0 Å². The number of anilines is 1. The van der Waals surface area contributed by atoms with Gasteiger partial charge in [0.2, 0.25) is 5.91 Å². The molecule has 1 saturated heterocycles. The molecule has 0 N–H and O–H groups in total. The fourth-order valence-corrected chi connectivity index (χ4v) is 5.53. The summed E-state index contributed by atoms with van der Waals surface area (Å²) < 4.78 is 1.83. The quantitative estimate of drug-likeness (QED) is 0.664. The average Bonchev–Trinajstić information content (AvgIpc) is 3.56. The average molecular weight is 409 g/mol. The predicted octanol–water partition coefficient (Wildman–Crippen LogP) is 2.88. The summed E-state index contributed by atoms with van der Waals surface area (Å²) in [6.07, 6.45) is 9.52. The fourth-order valence-electron chi connectivity index (χ4n) is 4.56. The van der Waals surface area contributed by atoms with E-state index in [1.807, 2.05) is 22.9 Å². The molecule has 150 valence electrons. The molecule has 1 aliphatic carbocycles. The number of piperazine rings is 1. The summed E-state index contributed by atoms with van der Waals surface area (Å²) in [7, 11) is 0. The van der Waals surface area contributed by atoms with Gasteiger partial charge in [0.1, 0.15) is 6.33 Å². The number of thiophene rings is 1. The Hall–Kier alpha value is -2.74. The molecule has 3 aromatic heterocycles. The Morgan fingerprint density at radius 2 is 1.76 bits per heavy atom. The zero-order valence-corrected chi connectivity index (χ0v) is 17.1. The smallest absolute Gasteiger partial charge is 0.234 e. The Balaban J connectivity index is 1.26. The molecule has 0 unspecified atom stereocenters. The topological polar surface area (TPSA) is 67.2 Å². The van der Waals surface area contributed by atoms with Gasteiger partial charge >= 0.3 is 0 Å². The summed E-state index contributed by atoms with van der Waals surface area (Å²) in [5.41, 5.74) is -0.289. The SMILES string of the molecule is O=C(N1CCN(c2ccc(-n3ccnc3)nn2)CC1)C1(c2cccs2)CCCC1. The Bertz CT molecular complexity index is 940. The number of carbonyl (C=O) groups excluding carboxylic acids is 1. The fraction of sp³-hybridized carbons (Fsp3) is 0.429. The molecule has 2 aliphatic rings. The molecule has 1 amide bonds. The molecule has 0 radical (unpaired) electrons. The van der Waals surface area contributed by atoms with E-state index in [1.54, 1.807) is 23.9 Å². The summed E-state index contributed by atoms with van der Waals surface area (Å²) in [4.78, 5) is 23.1. The van der Waals surface area contributed by atoms with Gasteiger partial charge in [0.25, 0.3) is 0 Å². The molecule has 0 spiro atoms. The first-order chi connectivity index (χ1) is 14.3. The highest BCUT2D eigenvalue weighted by Crippen LogP contribution is 2.44. The van der Waals surface area contributed by atoms with Gasteiger partial charge in [0.05, 0.1) is 5.41 Å². The minimum atomic E-state index is -0.289. The molecular weight excluding hydrogens is 384 g/mol. The number of rotatable bonds is 4. The molecule has 1 aliphatic heterocycles. The lowest BCUT2D eigenvalue weighted by Gasteiger charge is -2.39. The number of carbonyl (C=O) groups is 1. The van der Waals surface area contributed by atoms with Crippen LogP contribution in [0.3, 0.4) is 0 Å². The van der Waals surface area contributed by atoms with Crippen molar-refractivity contribution < 1.29 is 4.79 Å². The number of amides is 1. The van der Waals surface area contributed by atoms with E-state index in [1.165, 1.54) is 4.88 Å². The van der Waals surface area contributed by atoms with Crippen LogP contribution in [0.5, 0.6) is 0 Å². The lowest BCUT2D eigenvalue weighted by Crippen LogP contribution is -2.54. The number of nitrogens with zero attached hydrogens (tertiary/aromatic N) is 6. The summed E-state index contributed by atoms with van der Waals surface area (Å²) >= 11 is 1.73. The molecule has 5 rings (SSSR count). The van der Waals surface area contributed by atoms with E-state index in [0.29, 0.717) is 5.91 Å². The number of aromatic nitrogens is 4. The Kier molecular flexibility index (Phi) is 4.79. The molecule has 29 heavy (non-hydrogen) atoms. The van der Waals surface area contributed by atoms with Crippen LogP contribution in [0.4, 0.5) is 5.82 Å². The minimum absolute atomic E-state index is 0.289. The van der Waals surface area contributed by atoms with E-state index in [4.69, 9.17) is 0 Å². The molecule has 0 atom stereocenters. The number of hydrogen-bond acceptors (Lipinski definition) is 6. The van der Waals surface area contributed by atoms with Gasteiger partial charge in [0, 0.05) is 43.4 Å². The van der Waals surface area contributed by atoms with Crippen molar-refractivity contribution in [1.82, 2.24) is 24.6 Å². The van der Waals surface area contributed by atoms with Crippen LogP contribution in [0.15, 0.2) is 48.4 Å². The third-order valence-electron chi connectivity index (χ3n) is 6.16. The van der Waals surface area contributed by atoms with Crippen molar-refractivity contribution in [2.24, 2.45) is 0 Å². The molecule has 7 nitrogen and oxygen atoms in total. The molecular formula is C21H24N6OS. The van der Waals surface area contributed by atoms with E-state index in [9.17, 15) is 4.79 Å². The van der Waals surface area contributed by atoms with Gasteiger partial charge < -0.3 is 9.80 Å². The highest BCUT2D eigenvalue weighted by Gasteiger charge is 2.46. The van der Waals surface area contributed by atoms with Crippen molar-refractivity contribution in [1.29, 1.82) is 0 Å². The van der Waals surface area contributed by atoms with Crippen LogP contribution in [0.25, 0.3) is 5.82 Å². The second-order valence-corrected chi connectivity index (χ2v) is 8.71. The normalized spacial score (nSPS) is 18.9. The van der Waals surface area contributed by atoms with Gasteiger partial charge in [-0.1, -0.05) is 18.9 Å². The zero-order valence-electron chi connectivity index (χ0n) is 16.3. The molecule has 8 heteroatoms. The monoisotopic (exact) mass is 408 g/mol. The Morgan fingerprint density at radius 1 is 1.00 bits per heavy atom. The second kappa shape index (κ2) is 7.59. The maximum atomic E-state index is 13.5. The van der Waals surface area contributed by atoms with Crippen LogP contribution in [0, 0.1) is 0 Å². The number of imidazole rings is 1.